The Hall–Kier alpha value is -4.46. The summed E-state index contributed by atoms with van der Waals surface area (Å²) in [5.74, 6) is -1.55. The highest BCUT2D eigenvalue weighted by molar-refractivity contribution is 5.95. The van der Waals surface area contributed by atoms with Gasteiger partial charge in [0.15, 0.2) is 0 Å². The minimum absolute atomic E-state index is 0.234. The fraction of sp³-hybridized carbons (Fsp3) is 0.312. The van der Waals surface area contributed by atoms with Crippen LogP contribution in [0.1, 0.15) is 93.8 Å². The van der Waals surface area contributed by atoms with Gasteiger partial charge in [-0.3, -0.25) is 0 Å². The second-order valence-electron chi connectivity index (χ2n) is 9.09. The number of carbonyl (C=O) groups excluding carboxylic acids is 4. The van der Waals surface area contributed by atoms with Crippen LogP contribution in [0.25, 0.3) is 0 Å². The number of hydrogen-bond donors (Lipinski definition) is 0. The van der Waals surface area contributed by atoms with Crippen molar-refractivity contribution in [2.75, 3.05) is 13.2 Å². The third-order valence-corrected chi connectivity index (χ3v) is 5.92. The van der Waals surface area contributed by atoms with Gasteiger partial charge in [-0.15, -0.1) is 0 Å². The standard InChI is InChI=1S/C32H34O8/c1-3-5-7-21-37-29(33)23-13-17-27(18-14-23)39-31(35)25-9-11-26(12-10-25)32(36)40-28-19-15-24(16-20-28)30(34)38-22-8-6-4-2/h9-20H,3-8,21-22H2,1-2H3. The van der Waals surface area contributed by atoms with E-state index in [0.717, 1.165) is 38.5 Å². The van der Waals surface area contributed by atoms with Crippen LogP contribution in [0.3, 0.4) is 0 Å². The van der Waals surface area contributed by atoms with Crippen LogP contribution in [-0.4, -0.2) is 37.1 Å². The Balaban J connectivity index is 1.49. The highest BCUT2D eigenvalue weighted by Crippen LogP contribution is 2.18. The first-order chi connectivity index (χ1) is 19.4. The molecule has 3 aromatic carbocycles. The van der Waals surface area contributed by atoms with Gasteiger partial charge >= 0.3 is 23.9 Å². The van der Waals surface area contributed by atoms with Crippen molar-refractivity contribution in [3.05, 3.63) is 95.1 Å². The van der Waals surface area contributed by atoms with Gasteiger partial charge in [-0.05, 0) is 85.6 Å². The minimum Gasteiger partial charge on any atom is -0.462 e. The fourth-order valence-corrected chi connectivity index (χ4v) is 3.59. The molecular weight excluding hydrogens is 512 g/mol. The SMILES string of the molecule is CCCCCOC(=O)c1ccc(OC(=O)c2ccc(C(=O)Oc3ccc(C(=O)OCCCCC)cc3)cc2)cc1. The van der Waals surface area contributed by atoms with Crippen LogP contribution in [-0.2, 0) is 9.47 Å². The van der Waals surface area contributed by atoms with Gasteiger partial charge < -0.3 is 18.9 Å². The maximum atomic E-state index is 12.5. The second-order valence-corrected chi connectivity index (χ2v) is 9.09. The van der Waals surface area contributed by atoms with Crippen LogP contribution in [0.2, 0.25) is 0 Å². The Labute approximate surface area is 234 Å². The lowest BCUT2D eigenvalue weighted by Gasteiger charge is -2.08. The fourth-order valence-electron chi connectivity index (χ4n) is 3.59. The highest BCUT2D eigenvalue weighted by atomic mass is 16.5. The highest BCUT2D eigenvalue weighted by Gasteiger charge is 2.14. The number of hydrogen-bond acceptors (Lipinski definition) is 8. The average Bonchev–Trinajstić information content (AvgIpc) is 2.98. The summed E-state index contributed by atoms with van der Waals surface area (Å²) in [6, 6.07) is 18.0. The molecule has 0 spiro atoms. The molecule has 0 aliphatic carbocycles. The van der Waals surface area contributed by atoms with Crippen LogP contribution < -0.4 is 9.47 Å². The molecular formula is C32H34O8. The molecule has 0 saturated heterocycles. The molecule has 3 aromatic rings. The number of rotatable bonds is 14. The summed E-state index contributed by atoms with van der Waals surface area (Å²) in [5, 5.41) is 0. The van der Waals surface area contributed by atoms with Crippen LogP contribution in [0.15, 0.2) is 72.8 Å². The predicted molar refractivity (Wildman–Crippen MR) is 149 cm³/mol. The lowest BCUT2D eigenvalue weighted by Crippen LogP contribution is -2.12. The maximum Gasteiger partial charge on any atom is 0.343 e. The van der Waals surface area contributed by atoms with Gasteiger partial charge in [0.1, 0.15) is 11.5 Å². The normalized spacial score (nSPS) is 10.4. The topological polar surface area (TPSA) is 105 Å². The first-order valence-electron chi connectivity index (χ1n) is 13.5. The van der Waals surface area contributed by atoms with E-state index in [0.29, 0.717) is 24.3 Å². The minimum atomic E-state index is -0.619. The molecule has 0 aliphatic rings. The monoisotopic (exact) mass is 546 g/mol. The molecule has 0 fully saturated rings. The van der Waals surface area contributed by atoms with Crippen molar-refractivity contribution in [2.45, 2.75) is 52.4 Å². The summed E-state index contributed by atoms with van der Waals surface area (Å²) in [6.07, 6.45) is 5.71. The van der Waals surface area contributed by atoms with E-state index in [4.69, 9.17) is 18.9 Å². The van der Waals surface area contributed by atoms with Crippen molar-refractivity contribution in [1.29, 1.82) is 0 Å². The summed E-state index contributed by atoms with van der Waals surface area (Å²) in [7, 11) is 0. The van der Waals surface area contributed by atoms with E-state index in [1.165, 1.54) is 72.8 Å². The van der Waals surface area contributed by atoms with Crippen molar-refractivity contribution in [2.24, 2.45) is 0 Å². The van der Waals surface area contributed by atoms with Crippen LogP contribution in [0.5, 0.6) is 11.5 Å². The van der Waals surface area contributed by atoms with Crippen LogP contribution in [0, 0.1) is 0 Å². The second kappa shape index (κ2) is 15.8. The van der Waals surface area contributed by atoms with E-state index in [-0.39, 0.29) is 22.6 Å². The van der Waals surface area contributed by atoms with E-state index in [1.807, 2.05) is 0 Å². The summed E-state index contributed by atoms with van der Waals surface area (Å²) in [6.45, 7) is 4.89. The smallest absolute Gasteiger partial charge is 0.343 e. The Bertz CT molecular complexity index is 1160. The molecule has 0 amide bonds. The number of ether oxygens (including phenoxy) is 4. The molecule has 0 bridgehead atoms. The van der Waals surface area contributed by atoms with Gasteiger partial charge in [0, 0.05) is 0 Å². The van der Waals surface area contributed by atoms with Crippen molar-refractivity contribution < 1.29 is 38.1 Å². The zero-order valence-corrected chi connectivity index (χ0v) is 22.9. The zero-order chi connectivity index (χ0) is 28.7. The lowest BCUT2D eigenvalue weighted by atomic mass is 10.1. The van der Waals surface area contributed by atoms with Crippen molar-refractivity contribution in [1.82, 2.24) is 0 Å². The first-order valence-corrected chi connectivity index (χ1v) is 13.5. The lowest BCUT2D eigenvalue weighted by molar-refractivity contribution is 0.0489. The molecule has 0 aliphatic heterocycles. The summed E-state index contributed by atoms with van der Waals surface area (Å²) < 4.78 is 21.2. The zero-order valence-electron chi connectivity index (χ0n) is 22.9. The van der Waals surface area contributed by atoms with Gasteiger partial charge in [-0.2, -0.15) is 0 Å². The quantitative estimate of drug-likeness (QED) is 0.123. The van der Waals surface area contributed by atoms with E-state index < -0.39 is 23.9 Å². The molecule has 0 heterocycles. The van der Waals surface area contributed by atoms with Gasteiger partial charge in [0.2, 0.25) is 0 Å². The molecule has 0 saturated carbocycles. The number of benzene rings is 3. The van der Waals surface area contributed by atoms with Gasteiger partial charge in [-0.1, -0.05) is 39.5 Å². The van der Waals surface area contributed by atoms with Crippen LogP contribution >= 0.6 is 0 Å². The molecule has 0 unspecified atom stereocenters. The summed E-state index contributed by atoms with van der Waals surface area (Å²) in [5.41, 5.74) is 1.21. The van der Waals surface area contributed by atoms with Crippen LogP contribution in [0.4, 0.5) is 0 Å². The Morgan fingerprint density at radius 3 is 1.07 bits per heavy atom. The Morgan fingerprint density at radius 1 is 0.450 bits per heavy atom. The average molecular weight is 547 g/mol. The van der Waals surface area contributed by atoms with Crippen molar-refractivity contribution in [3.8, 4) is 11.5 Å². The predicted octanol–water partition coefficient (Wildman–Crippen LogP) is 6.82. The molecule has 210 valence electrons. The molecule has 0 radical (unpaired) electrons. The van der Waals surface area contributed by atoms with Crippen molar-refractivity contribution in [3.63, 3.8) is 0 Å². The van der Waals surface area contributed by atoms with Crippen molar-refractivity contribution >= 4 is 23.9 Å². The summed E-state index contributed by atoms with van der Waals surface area (Å²) >= 11 is 0. The molecule has 0 N–H and O–H groups in total. The molecule has 0 atom stereocenters. The number of esters is 4. The third-order valence-electron chi connectivity index (χ3n) is 5.92. The molecule has 3 rings (SSSR count). The maximum absolute atomic E-state index is 12.5. The molecule has 8 heteroatoms. The first kappa shape index (κ1) is 30.1. The molecule has 40 heavy (non-hydrogen) atoms. The summed E-state index contributed by atoms with van der Waals surface area (Å²) in [4.78, 5) is 49.2. The van der Waals surface area contributed by atoms with E-state index in [9.17, 15) is 19.2 Å². The third kappa shape index (κ3) is 9.38. The van der Waals surface area contributed by atoms with E-state index in [2.05, 4.69) is 13.8 Å². The Morgan fingerprint density at radius 2 is 0.750 bits per heavy atom. The van der Waals surface area contributed by atoms with Gasteiger partial charge in [-0.25, -0.2) is 19.2 Å². The van der Waals surface area contributed by atoms with Gasteiger partial charge in [0.05, 0.1) is 35.5 Å². The molecule has 0 aromatic heterocycles. The number of carbonyl (C=O) groups is 4. The largest absolute Gasteiger partial charge is 0.462 e. The van der Waals surface area contributed by atoms with E-state index >= 15 is 0 Å². The molecule has 8 nitrogen and oxygen atoms in total. The van der Waals surface area contributed by atoms with Gasteiger partial charge in [0.25, 0.3) is 0 Å². The van der Waals surface area contributed by atoms with E-state index in [1.54, 1.807) is 0 Å². The number of unbranched alkanes of at least 4 members (excludes halogenated alkanes) is 4. The Kier molecular flexibility index (Phi) is 11.9.